The zero-order chi connectivity index (χ0) is 32.4. The SMILES string of the molecule is CCCNC(=O)C(Cc1ccccc1)N(Cc1ccc(Br)cc1)C(=O)CN(c1ccc(Cl)cc1)S(=O)(=O)c1ccc(OC)cc1. The Morgan fingerprint density at radius 2 is 1.53 bits per heavy atom. The van der Waals surface area contributed by atoms with Crippen molar-refractivity contribution in [1.82, 2.24) is 10.2 Å². The van der Waals surface area contributed by atoms with Gasteiger partial charge in [-0.05, 0) is 78.2 Å². The van der Waals surface area contributed by atoms with E-state index in [9.17, 15) is 18.0 Å². The Morgan fingerprint density at radius 3 is 2.13 bits per heavy atom. The molecule has 0 aromatic heterocycles. The van der Waals surface area contributed by atoms with Gasteiger partial charge in [0.15, 0.2) is 0 Å². The van der Waals surface area contributed by atoms with Gasteiger partial charge in [-0.25, -0.2) is 8.42 Å². The van der Waals surface area contributed by atoms with Crippen LogP contribution in [0.3, 0.4) is 0 Å². The number of ether oxygens (including phenoxy) is 1. The lowest BCUT2D eigenvalue weighted by molar-refractivity contribution is -0.140. The molecule has 0 saturated carbocycles. The fourth-order valence-corrected chi connectivity index (χ4v) is 6.52. The summed E-state index contributed by atoms with van der Waals surface area (Å²) in [6.07, 6.45) is 0.958. The van der Waals surface area contributed by atoms with Crippen LogP contribution in [0.1, 0.15) is 24.5 Å². The topological polar surface area (TPSA) is 96.0 Å². The molecule has 1 atom stereocenters. The molecule has 1 N–H and O–H groups in total. The summed E-state index contributed by atoms with van der Waals surface area (Å²) in [5, 5.41) is 3.36. The molecule has 1 unspecified atom stereocenters. The second-order valence-electron chi connectivity index (χ2n) is 10.3. The van der Waals surface area contributed by atoms with Crippen molar-refractivity contribution in [3.63, 3.8) is 0 Å². The third-order valence-electron chi connectivity index (χ3n) is 7.13. The van der Waals surface area contributed by atoms with Crippen molar-refractivity contribution in [1.29, 1.82) is 0 Å². The van der Waals surface area contributed by atoms with Crippen molar-refractivity contribution in [2.75, 3.05) is 24.5 Å². The van der Waals surface area contributed by atoms with E-state index in [1.807, 2.05) is 61.5 Å². The molecule has 4 rings (SSSR count). The Balaban J connectivity index is 1.78. The number of benzene rings is 4. The molecule has 0 aliphatic carbocycles. The molecule has 45 heavy (non-hydrogen) atoms. The van der Waals surface area contributed by atoms with E-state index in [-0.39, 0.29) is 29.5 Å². The van der Waals surface area contributed by atoms with E-state index < -0.39 is 28.5 Å². The number of sulfonamides is 1. The molecule has 11 heteroatoms. The van der Waals surface area contributed by atoms with Crippen molar-refractivity contribution in [3.05, 3.63) is 124 Å². The van der Waals surface area contributed by atoms with Crippen LogP contribution in [-0.4, -0.2) is 51.4 Å². The van der Waals surface area contributed by atoms with Crippen LogP contribution in [-0.2, 0) is 32.6 Å². The molecular weight excluding hydrogens is 678 g/mol. The third kappa shape index (κ3) is 9.09. The summed E-state index contributed by atoms with van der Waals surface area (Å²) >= 11 is 9.58. The molecule has 4 aromatic carbocycles. The average Bonchev–Trinajstić information content (AvgIpc) is 3.05. The molecule has 2 amide bonds. The summed E-state index contributed by atoms with van der Waals surface area (Å²) in [6, 6.07) is 28.1. The highest BCUT2D eigenvalue weighted by Crippen LogP contribution is 2.27. The average molecular weight is 713 g/mol. The lowest BCUT2D eigenvalue weighted by atomic mass is 10.0. The summed E-state index contributed by atoms with van der Waals surface area (Å²) in [6.45, 7) is 1.91. The van der Waals surface area contributed by atoms with Crippen LogP contribution in [0.2, 0.25) is 5.02 Å². The van der Waals surface area contributed by atoms with E-state index in [4.69, 9.17) is 16.3 Å². The zero-order valence-electron chi connectivity index (χ0n) is 25.0. The number of rotatable bonds is 14. The number of carbonyl (C=O) groups is 2. The molecule has 8 nitrogen and oxygen atoms in total. The largest absolute Gasteiger partial charge is 0.497 e. The number of halogens is 2. The minimum atomic E-state index is -4.24. The number of carbonyl (C=O) groups excluding carboxylic acids is 2. The summed E-state index contributed by atoms with van der Waals surface area (Å²) in [5.41, 5.74) is 1.90. The molecular formula is C34H35BrClN3O5S. The lowest BCUT2D eigenvalue weighted by Gasteiger charge is -2.34. The number of hydrogen-bond donors (Lipinski definition) is 1. The molecule has 0 fully saturated rings. The molecule has 0 aliphatic rings. The second-order valence-corrected chi connectivity index (χ2v) is 13.5. The highest BCUT2D eigenvalue weighted by atomic mass is 79.9. The van der Waals surface area contributed by atoms with Gasteiger partial charge in [0, 0.05) is 29.0 Å². The van der Waals surface area contributed by atoms with Crippen LogP contribution in [0.4, 0.5) is 5.69 Å². The standard InChI is InChI=1S/C34H35BrClN3O5S/c1-3-21-37-34(41)32(22-25-7-5-4-6-8-25)38(23-26-9-11-27(35)12-10-26)33(40)24-39(29-15-13-28(36)14-16-29)45(42,43)31-19-17-30(44-2)18-20-31/h4-20,32H,3,21-24H2,1-2H3,(H,37,41). The van der Waals surface area contributed by atoms with E-state index in [0.717, 1.165) is 26.3 Å². The number of hydrogen-bond acceptors (Lipinski definition) is 5. The Hall–Kier alpha value is -3.86. The van der Waals surface area contributed by atoms with Gasteiger partial charge in [-0.15, -0.1) is 0 Å². The highest BCUT2D eigenvalue weighted by Gasteiger charge is 2.34. The van der Waals surface area contributed by atoms with Gasteiger partial charge in [0.05, 0.1) is 17.7 Å². The third-order valence-corrected chi connectivity index (χ3v) is 9.70. The number of nitrogens with one attached hydrogen (secondary N) is 1. The molecule has 4 aromatic rings. The predicted molar refractivity (Wildman–Crippen MR) is 181 cm³/mol. The molecule has 0 heterocycles. The van der Waals surface area contributed by atoms with Gasteiger partial charge < -0.3 is 15.0 Å². The van der Waals surface area contributed by atoms with E-state index >= 15 is 0 Å². The van der Waals surface area contributed by atoms with Gasteiger partial charge in [0.25, 0.3) is 10.0 Å². The van der Waals surface area contributed by atoms with Crippen molar-refractivity contribution in [2.45, 2.75) is 37.2 Å². The summed E-state index contributed by atoms with van der Waals surface area (Å²) in [7, 11) is -2.75. The summed E-state index contributed by atoms with van der Waals surface area (Å²) < 4.78 is 35.3. The maximum absolute atomic E-state index is 14.4. The van der Waals surface area contributed by atoms with Crippen LogP contribution >= 0.6 is 27.5 Å². The molecule has 0 aliphatic heterocycles. The van der Waals surface area contributed by atoms with Gasteiger partial charge in [-0.1, -0.05) is 76.9 Å². The Kier molecular flexibility index (Phi) is 12.0. The monoisotopic (exact) mass is 711 g/mol. The van der Waals surface area contributed by atoms with Crippen molar-refractivity contribution in [2.24, 2.45) is 0 Å². The lowest BCUT2D eigenvalue weighted by Crippen LogP contribution is -2.53. The van der Waals surface area contributed by atoms with Gasteiger partial charge in [0.2, 0.25) is 11.8 Å². The van der Waals surface area contributed by atoms with Gasteiger partial charge in [-0.3, -0.25) is 13.9 Å². The normalized spacial score (nSPS) is 11.8. The maximum Gasteiger partial charge on any atom is 0.264 e. The molecule has 0 saturated heterocycles. The smallest absolute Gasteiger partial charge is 0.264 e. The fraction of sp³-hybridized carbons (Fsp3) is 0.235. The van der Waals surface area contributed by atoms with Gasteiger partial charge in [0.1, 0.15) is 18.3 Å². The van der Waals surface area contributed by atoms with E-state index in [1.165, 1.54) is 24.1 Å². The zero-order valence-corrected chi connectivity index (χ0v) is 28.2. The summed E-state index contributed by atoms with van der Waals surface area (Å²) in [5.74, 6) is -0.370. The van der Waals surface area contributed by atoms with E-state index in [1.54, 1.807) is 36.4 Å². The van der Waals surface area contributed by atoms with Crippen LogP contribution in [0.5, 0.6) is 5.75 Å². The van der Waals surface area contributed by atoms with E-state index in [0.29, 0.717) is 17.3 Å². The van der Waals surface area contributed by atoms with Crippen molar-refractivity contribution >= 4 is 55.1 Å². The molecule has 236 valence electrons. The fourth-order valence-electron chi connectivity index (χ4n) is 4.72. The first-order valence-corrected chi connectivity index (χ1v) is 17.0. The Labute approximate surface area is 278 Å². The van der Waals surface area contributed by atoms with Crippen LogP contribution in [0, 0.1) is 0 Å². The number of amides is 2. The molecule has 0 spiro atoms. The number of methoxy groups -OCH3 is 1. The van der Waals surface area contributed by atoms with Gasteiger partial charge in [-0.2, -0.15) is 0 Å². The van der Waals surface area contributed by atoms with Crippen LogP contribution in [0.15, 0.2) is 112 Å². The van der Waals surface area contributed by atoms with Gasteiger partial charge >= 0.3 is 0 Å². The first kappa shape index (κ1) is 34.0. The summed E-state index contributed by atoms with van der Waals surface area (Å²) in [4.78, 5) is 29.6. The van der Waals surface area contributed by atoms with Crippen molar-refractivity contribution in [3.8, 4) is 5.75 Å². The first-order valence-electron chi connectivity index (χ1n) is 14.4. The van der Waals surface area contributed by atoms with Crippen LogP contribution in [0.25, 0.3) is 0 Å². The highest BCUT2D eigenvalue weighted by molar-refractivity contribution is 9.10. The Morgan fingerprint density at radius 1 is 0.889 bits per heavy atom. The predicted octanol–water partition coefficient (Wildman–Crippen LogP) is 6.47. The molecule has 0 bridgehead atoms. The van der Waals surface area contributed by atoms with Crippen LogP contribution < -0.4 is 14.4 Å². The van der Waals surface area contributed by atoms with E-state index in [2.05, 4.69) is 21.2 Å². The maximum atomic E-state index is 14.4. The minimum Gasteiger partial charge on any atom is -0.497 e. The second kappa shape index (κ2) is 15.9. The first-order chi connectivity index (χ1) is 21.6. The Bertz CT molecular complexity index is 1670. The van der Waals surface area contributed by atoms with Crippen molar-refractivity contribution < 1.29 is 22.7 Å². The number of nitrogens with zero attached hydrogens (tertiary/aromatic N) is 2. The number of anilines is 1. The molecule has 0 radical (unpaired) electrons. The quantitative estimate of drug-likeness (QED) is 0.162. The minimum absolute atomic E-state index is 0.0213.